The van der Waals surface area contributed by atoms with Crippen LogP contribution < -0.4 is 5.32 Å². The van der Waals surface area contributed by atoms with E-state index in [-0.39, 0.29) is 24.3 Å². The van der Waals surface area contributed by atoms with Crippen LogP contribution in [0.3, 0.4) is 0 Å². The number of carbonyl (C=O) groups is 2. The van der Waals surface area contributed by atoms with Crippen molar-refractivity contribution in [3.63, 3.8) is 0 Å². The molecule has 210 valence electrons. The molecule has 3 fully saturated rings. The predicted molar refractivity (Wildman–Crippen MR) is 146 cm³/mol. The molecule has 0 unspecified atom stereocenters. The quantitative estimate of drug-likeness (QED) is 0.564. The lowest BCUT2D eigenvalue weighted by Gasteiger charge is -2.37. The predicted octanol–water partition coefficient (Wildman–Crippen LogP) is 2.93. The first-order chi connectivity index (χ1) is 19.1. The highest BCUT2D eigenvalue weighted by atomic mass is 16.7. The van der Waals surface area contributed by atoms with Gasteiger partial charge in [-0.15, -0.1) is 0 Å². The first kappa shape index (κ1) is 26.0. The van der Waals surface area contributed by atoms with Crippen molar-refractivity contribution < 1.29 is 19.2 Å². The number of pyridine rings is 1. The molecule has 2 aromatic heterocycles. The first-order valence-electron chi connectivity index (χ1n) is 14.6. The number of amides is 2. The number of nitrogens with one attached hydrogen (secondary N) is 1. The molecule has 3 saturated heterocycles. The number of rotatable bonds is 6. The van der Waals surface area contributed by atoms with E-state index in [0.29, 0.717) is 51.6 Å². The second kappa shape index (κ2) is 11.1. The summed E-state index contributed by atoms with van der Waals surface area (Å²) in [6.45, 7) is 6.73. The summed E-state index contributed by atoms with van der Waals surface area (Å²) in [5.41, 5.74) is 1.32. The lowest BCUT2D eigenvalue weighted by molar-refractivity contribution is -0.172. The maximum atomic E-state index is 14.1. The van der Waals surface area contributed by atoms with E-state index in [9.17, 15) is 9.59 Å². The van der Waals surface area contributed by atoms with Gasteiger partial charge in [-0.25, -0.2) is 9.67 Å². The van der Waals surface area contributed by atoms with Crippen LogP contribution in [0.5, 0.6) is 0 Å². The van der Waals surface area contributed by atoms with Crippen molar-refractivity contribution in [1.82, 2.24) is 24.6 Å². The zero-order valence-electron chi connectivity index (χ0n) is 22.9. The molecule has 11 nitrogen and oxygen atoms in total. The third-order valence-corrected chi connectivity index (χ3v) is 8.55. The van der Waals surface area contributed by atoms with Gasteiger partial charge in [0.2, 0.25) is 0 Å². The van der Waals surface area contributed by atoms with Crippen molar-refractivity contribution in [2.75, 3.05) is 44.7 Å². The van der Waals surface area contributed by atoms with Crippen molar-refractivity contribution >= 4 is 34.2 Å². The number of piperidine rings is 2. The van der Waals surface area contributed by atoms with Crippen LogP contribution >= 0.6 is 0 Å². The normalized spacial score (nSPS) is 22.0. The number of aromatic nitrogens is 3. The summed E-state index contributed by atoms with van der Waals surface area (Å²) >= 11 is 0. The molecule has 0 aliphatic carbocycles. The van der Waals surface area contributed by atoms with Gasteiger partial charge < -0.3 is 24.7 Å². The van der Waals surface area contributed by atoms with E-state index in [0.717, 1.165) is 73.7 Å². The van der Waals surface area contributed by atoms with Gasteiger partial charge in [0.1, 0.15) is 0 Å². The number of likely N-dealkylation sites (tertiary alicyclic amines) is 2. The first-order valence-corrected chi connectivity index (χ1v) is 14.6. The van der Waals surface area contributed by atoms with Crippen LogP contribution in [0.2, 0.25) is 0 Å². The van der Waals surface area contributed by atoms with Crippen molar-refractivity contribution in [1.29, 1.82) is 0 Å². The molecule has 2 amide bonds. The van der Waals surface area contributed by atoms with Crippen LogP contribution in [-0.4, -0.2) is 93.1 Å². The Bertz CT molecular complexity index is 1210. The van der Waals surface area contributed by atoms with Gasteiger partial charge in [-0.2, -0.15) is 5.10 Å². The van der Waals surface area contributed by atoms with Crippen LogP contribution in [-0.2, 0) is 25.7 Å². The third kappa shape index (κ3) is 4.85. The zero-order chi connectivity index (χ0) is 26.8. The van der Waals surface area contributed by atoms with E-state index in [1.165, 1.54) is 0 Å². The van der Waals surface area contributed by atoms with Gasteiger partial charge >= 0.3 is 0 Å². The molecule has 0 aromatic carbocycles. The van der Waals surface area contributed by atoms with E-state index < -0.39 is 5.60 Å². The number of hydrogen-bond acceptors (Lipinski definition) is 8. The largest absolute Gasteiger partial charge is 0.381 e. The molecule has 4 aliphatic heterocycles. The molecule has 1 N–H and O–H groups in total. The maximum Gasteiger partial charge on any atom is 0.297 e. The van der Waals surface area contributed by atoms with Gasteiger partial charge in [0.05, 0.1) is 29.4 Å². The summed E-state index contributed by atoms with van der Waals surface area (Å²) in [6.07, 6.45) is 11.4. The lowest BCUT2D eigenvalue weighted by atomic mass is 9.89. The molecule has 6 rings (SSSR count). The Kier molecular flexibility index (Phi) is 7.42. The summed E-state index contributed by atoms with van der Waals surface area (Å²) in [7, 11) is 0. The summed E-state index contributed by atoms with van der Waals surface area (Å²) in [5, 5.41) is 13.6. The lowest BCUT2D eigenvalue weighted by Crippen LogP contribution is -2.60. The molecule has 0 bridgehead atoms. The minimum absolute atomic E-state index is 0.0925. The Hall–Kier alpha value is -3.21. The third-order valence-electron chi connectivity index (χ3n) is 8.55. The number of nitrogens with zero attached hydrogens (tertiary/aromatic N) is 6. The van der Waals surface area contributed by atoms with Crippen molar-refractivity contribution in [3.05, 3.63) is 18.0 Å². The average molecular weight is 538 g/mol. The Morgan fingerprint density at radius 2 is 1.62 bits per heavy atom. The molecule has 6 heterocycles. The molecular weight excluding hydrogens is 498 g/mol. The topological polar surface area (TPSA) is 114 Å². The van der Waals surface area contributed by atoms with E-state index in [1.54, 1.807) is 16.0 Å². The molecule has 0 atom stereocenters. The smallest absolute Gasteiger partial charge is 0.297 e. The molecule has 0 radical (unpaired) electrons. The van der Waals surface area contributed by atoms with Crippen LogP contribution in [0, 0.1) is 0 Å². The van der Waals surface area contributed by atoms with Crippen LogP contribution in [0.1, 0.15) is 70.3 Å². The number of ether oxygens (including phenoxy) is 1. The van der Waals surface area contributed by atoms with Crippen molar-refractivity contribution in [3.8, 4) is 0 Å². The molecule has 2 aromatic rings. The standard InChI is InChI=1S/C28H39N7O4/c1-2-35-25-22(19-30-35)24(31-20-9-15-38-16-10-20)21(18-29-25)23-17-28(39-32-23,26(36)33-11-5-3-6-12-33)27(37)34-13-7-4-8-14-34/h18-20H,2-17H2,1H3,(H,29,31). The number of anilines is 1. The fourth-order valence-electron chi connectivity index (χ4n) is 6.28. The van der Waals surface area contributed by atoms with Gasteiger partial charge in [-0.3, -0.25) is 9.59 Å². The minimum Gasteiger partial charge on any atom is -0.381 e. The van der Waals surface area contributed by atoms with Crippen molar-refractivity contribution in [2.45, 2.75) is 82.9 Å². The summed E-state index contributed by atoms with van der Waals surface area (Å²) in [4.78, 5) is 42.5. The number of hydrogen-bond donors (Lipinski definition) is 1. The van der Waals surface area contributed by atoms with E-state index in [1.807, 2.05) is 17.8 Å². The molecule has 0 saturated carbocycles. The monoisotopic (exact) mass is 537 g/mol. The molecule has 11 heteroatoms. The minimum atomic E-state index is -1.66. The summed E-state index contributed by atoms with van der Waals surface area (Å²) in [6, 6.07) is 0.228. The maximum absolute atomic E-state index is 14.1. The summed E-state index contributed by atoms with van der Waals surface area (Å²) in [5.74, 6) is -0.522. The Labute approximate surface area is 228 Å². The van der Waals surface area contributed by atoms with E-state index >= 15 is 0 Å². The van der Waals surface area contributed by atoms with Gasteiger partial charge in [-0.1, -0.05) is 5.16 Å². The number of carbonyl (C=O) groups excluding carboxylic acids is 2. The van der Waals surface area contributed by atoms with Crippen LogP contribution in [0.25, 0.3) is 11.0 Å². The van der Waals surface area contributed by atoms with Gasteiger partial charge in [-0.05, 0) is 58.3 Å². The fraction of sp³-hybridized carbons (Fsp3) is 0.679. The second-order valence-electron chi connectivity index (χ2n) is 11.1. The number of aryl methyl sites for hydroxylation is 1. The fourth-order valence-corrected chi connectivity index (χ4v) is 6.28. The molecule has 39 heavy (non-hydrogen) atoms. The average Bonchev–Trinajstić information content (AvgIpc) is 3.64. The highest BCUT2D eigenvalue weighted by Crippen LogP contribution is 2.37. The second-order valence-corrected chi connectivity index (χ2v) is 11.1. The van der Waals surface area contributed by atoms with Crippen LogP contribution in [0.15, 0.2) is 17.5 Å². The zero-order valence-corrected chi connectivity index (χ0v) is 22.9. The molecule has 4 aliphatic rings. The highest BCUT2D eigenvalue weighted by molar-refractivity contribution is 6.18. The Balaban J connectivity index is 1.36. The SMILES string of the molecule is CCn1ncc2c(NC3CCOCC3)c(C3=NOC(C(=O)N4CCCCC4)(C(=O)N4CCCCC4)C3)cnc21. The van der Waals surface area contributed by atoms with E-state index in [4.69, 9.17) is 14.6 Å². The van der Waals surface area contributed by atoms with Crippen LogP contribution in [0.4, 0.5) is 5.69 Å². The Morgan fingerprint density at radius 1 is 0.974 bits per heavy atom. The van der Waals surface area contributed by atoms with Gasteiger partial charge in [0.15, 0.2) is 5.65 Å². The summed E-state index contributed by atoms with van der Waals surface area (Å²) < 4.78 is 7.44. The molecular formula is C28H39N7O4. The Morgan fingerprint density at radius 3 is 2.23 bits per heavy atom. The number of oxime groups is 1. The highest BCUT2D eigenvalue weighted by Gasteiger charge is 2.57. The molecule has 0 spiro atoms. The van der Waals surface area contributed by atoms with E-state index in [2.05, 4.69) is 15.6 Å². The van der Waals surface area contributed by atoms with Gasteiger partial charge in [0, 0.05) is 63.7 Å². The number of fused-ring (bicyclic) bond motifs is 1. The van der Waals surface area contributed by atoms with Crippen molar-refractivity contribution in [2.24, 2.45) is 5.16 Å². The van der Waals surface area contributed by atoms with Gasteiger partial charge in [0.25, 0.3) is 17.4 Å².